The quantitative estimate of drug-likeness (QED) is 0.658. The van der Waals surface area contributed by atoms with E-state index in [1.807, 2.05) is 29.2 Å². The van der Waals surface area contributed by atoms with Crippen molar-refractivity contribution in [1.82, 2.24) is 4.90 Å². The molecule has 100 valence electrons. The first kappa shape index (κ1) is 14.6. The van der Waals surface area contributed by atoms with Crippen molar-refractivity contribution in [3.05, 3.63) is 29.8 Å². The van der Waals surface area contributed by atoms with Gasteiger partial charge >= 0.3 is 0 Å². The van der Waals surface area contributed by atoms with Crippen LogP contribution in [0.1, 0.15) is 12.5 Å². The molecule has 0 aliphatic rings. The van der Waals surface area contributed by atoms with Crippen LogP contribution in [0, 0.1) is 0 Å². The molecule has 0 unspecified atom stereocenters. The third-order valence-corrected chi connectivity index (χ3v) is 2.49. The summed E-state index contributed by atoms with van der Waals surface area (Å²) in [5.74, 6) is -0.102. The summed E-state index contributed by atoms with van der Waals surface area (Å²) in [5, 5.41) is 20.6. The number of amides is 1. The van der Waals surface area contributed by atoms with Crippen LogP contribution in [0.4, 0.5) is 5.69 Å². The van der Waals surface area contributed by atoms with Crippen LogP contribution >= 0.6 is 0 Å². The van der Waals surface area contributed by atoms with Crippen LogP contribution in [0.3, 0.4) is 0 Å². The van der Waals surface area contributed by atoms with Gasteiger partial charge in [0, 0.05) is 32.2 Å². The highest BCUT2D eigenvalue weighted by atomic mass is 16.3. The Labute approximate surface area is 107 Å². The number of hydrogen-bond acceptors (Lipinski definition) is 4. The first-order chi connectivity index (χ1) is 8.65. The van der Waals surface area contributed by atoms with Crippen LogP contribution in [-0.2, 0) is 11.3 Å². The normalized spacial score (nSPS) is 10.7. The van der Waals surface area contributed by atoms with E-state index in [1.165, 1.54) is 6.92 Å². The van der Waals surface area contributed by atoms with Gasteiger partial charge in [0.25, 0.3) is 0 Å². The highest BCUT2D eigenvalue weighted by Gasteiger charge is 2.05. The molecule has 1 rings (SSSR count). The number of carbonyl (C=O) groups excluding carboxylic acids is 1. The second-order valence-corrected chi connectivity index (χ2v) is 4.10. The topological polar surface area (TPSA) is 72.8 Å². The Morgan fingerprint density at radius 3 is 2.50 bits per heavy atom. The van der Waals surface area contributed by atoms with Gasteiger partial charge in [-0.25, -0.2) is 0 Å². The molecule has 1 aromatic rings. The van der Waals surface area contributed by atoms with E-state index < -0.39 is 0 Å². The van der Waals surface area contributed by atoms with Gasteiger partial charge in [0.05, 0.1) is 13.2 Å². The van der Waals surface area contributed by atoms with Gasteiger partial charge in [0.2, 0.25) is 5.91 Å². The Morgan fingerprint density at radius 2 is 1.94 bits per heavy atom. The molecule has 0 heterocycles. The smallest absolute Gasteiger partial charge is 0.221 e. The number of aliphatic hydroxyl groups is 2. The van der Waals surface area contributed by atoms with E-state index in [2.05, 4.69) is 5.32 Å². The zero-order valence-corrected chi connectivity index (χ0v) is 10.6. The lowest BCUT2D eigenvalue weighted by molar-refractivity contribution is -0.114. The van der Waals surface area contributed by atoms with Crippen molar-refractivity contribution < 1.29 is 15.0 Å². The van der Waals surface area contributed by atoms with Crippen LogP contribution in [0.5, 0.6) is 0 Å². The number of benzene rings is 1. The van der Waals surface area contributed by atoms with Crippen LogP contribution in [0.2, 0.25) is 0 Å². The summed E-state index contributed by atoms with van der Waals surface area (Å²) in [6.07, 6.45) is 0. The van der Waals surface area contributed by atoms with Crippen molar-refractivity contribution in [2.75, 3.05) is 31.6 Å². The van der Waals surface area contributed by atoms with E-state index in [9.17, 15) is 4.79 Å². The van der Waals surface area contributed by atoms with Gasteiger partial charge in [-0.05, 0) is 17.7 Å². The minimum Gasteiger partial charge on any atom is -0.395 e. The van der Waals surface area contributed by atoms with E-state index in [1.54, 1.807) is 0 Å². The van der Waals surface area contributed by atoms with Crippen molar-refractivity contribution in [2.45, 2.75) is 13.5 Å². The van der Waals surface area contributed by atoms with Crippen LogP contribution in [-0.4, -0.2) is 47.3 Å². The fraction of sp³-hybridized carbons (Fsp3) is 0.462. The molecule has 5 heteroatoms. The molecule has 0 bridgehead atoms. The maximum Gasteiger partial charge on any atom is 0.221 e. The number of anilines is 1. The Kier molecular flexibility index (Phi) is 6.35. The average molecular weight is 252 g/mol. The Bertz CT molecular complexity index is 376. The molecule has 0 spiro atoms. The van der Waals surface area contributed by atoms with E-state index in [4.69, 9.17) is 10.2 Å². The number of hydrogen-bond donors (Lipinski definition) is 3. The second-order valence-electron chi connectivity index (χ2n) is 4.10. The van der Waals surface area contributed by atoms with E-state index in [0.717, 1.165) is 11.3 Å². The molecule has 0 aliphatic heterocycles. The minimum atomic E-state index is -0.102. The summed E-state index contributed by atoms with van der Waals surface area (Å²) < 4.78 is 0. The molecule has 0 aliphatic carbocycles. The van der Waals surface area contributed by atoms with Crippen molar-refractivity contribution in [3.8, 4) is 0 Å². The number of nitrogens with one attached hydrogen (secondary N) is 1. The number of rotatable bonds is 7. The van der Waals surface area contributed by atoms with Gasteiger partial charge in [-0.2, -0.15) is 0 Å². The molecule has 0 saturated carbocycles. The predicted octanol–water partition coefficient (Wildman–Crippen LogP) is 0.432. The molecule has 0 atom stereocenters. The van der Waals surface area contributed by atoms with E-state index >= 15 is 0 Å². The standard InChI is InChI=1S/C13H20N2O3/c1-11(18)14-13-4-2-3-12(9-13)10-15(5-7-16)6-8-17/h2-4,9,16-17H,5-8,10H2,1H3,(H,14,18). The third-order valence-electron chi connectivity index (χ3n) is 2.49. The molecule has 3 N–H and O–H groups in total. The summed E-state index contributed by atoms with van der Waals surface area (Å²) in [4.78, 5) is 12.9. The lowest BCUT2D eigenvalue weighted by atomic mass is 10.2. The van der Waals surface area contributed by atoms with Crippen molar-refractivity contribution in [1.29, 1.82) is 0 Å². The summed E-state index contributed by atoms with van der Waals surface area (Å²) in [6.45, 7) is 3.26. The maximum absolute atomic E-state index is 11.0. The van der Waals surface area contributed by atoms with E-state index in [-0.39, 0.29) is 19.1 Å². The molecule has 5 nitrogen and oxygen atoms in total. The van der Waals surface area contributed by atoms with E-state index in [0.29, 0.717) is 19.6 Å². The fourth-order valence-corrected chi connectivity index (χ4v) is 1.76. The van der Waals surface area contributed by atoms with Crippen molar-refractivity contribution in [3.63, 3.8) is 0 Å². The number of nitrogens with zero attached hydrogens (tertiary/aromatic N) is 1. The van der Waals surface area contributed by atoms with Crippen LogP contribution in [0.15, 0.2) is 24.3 Å². The molecule has 0 aromatic heterocycles. The lowest BCUT2D eigenvalue weighted by Crippen LogP contribution is -2.29. The summed E-state index contributed by atoms with van der Waals surface area (Å²) in [5.41, 5.74) is 1.79. The minimum absolute atomic E-state index is 0.0609. The molecular weight excluding hydrogens is 232 g/mol. The molecule has 1 aromatic carbocycles. The Balaban J connectivity index is 2.66. The lowest BCUT2D eigenvalue weighted by Gasteiger charge is -2.20. The zero-order valence-electron chi connectivity index (χ0n) is 10.6. The van der Waals surface area contributed by atoms with Gasteiger partial charge in [-0.3, -0.25) is 9.69 Å². The zero-order chi connectivity index (χ0) is 13.4. The van der Waals surface area contributed by atoms with Gasteiger partial charge in [0.15, 0.2) is 0 Å². The first-order valence-corrected chi connectivity index (χ1v) is 5.96. The Hall–Kier alpha value is -1.43. The summed E-state index contributed by atoms with van der Waals surface area (Å²) in [7, 11) is 0. The van der Waals surface area contributed by atoms with Gasteiger partial charge in [-0.15, -0.1) is 0 Å². The van der Waals surface area contributed by atoms with Crippen LogP contribution in [0.25, 0.3) is 0 Å². The largest absolute Gasteiger partial charge is 0.395 e. The van der Waals surface area contributed by atoms with Gasteiger partial charge in [0.1, 0.15) is 0 Å². The van der Waals surface area contributed by atoms with Crippen molar-refractivity contribution >= 4 is 11.6 Å². The molecule has 0 saturated heterocycles. The number of aliphatic hydroxyl groups excluding tert-OH is 2. The van der Waals surface area contributed by atoms with Crippen LogP contribution < -0.4 is 5.32 Å². The van der Waals surface area contributed by atoms with Gasteiger partial charge < -0.3 is 15.5 Å². The molecule has 0 radical (unpaired) electrons. The summed E-state index contributed by atoms with van der Waals surface area (Å²) >= 11 is 0. The Morgan fingerprint density at radius 1 is 1.28 bits per heavy atom. The molecule has 0 fully saturated rings. The van der Waals surface area contributed by atoms with Gasteiger partial charge in [-0.1, -0.05) is 12.1 Å². The first-order valence-electron chi connectivity index (χ1n) is 5.96. The maximum atomic E-state index is 11.0. The highest BCUT2D eigenvalue weighted by molar-refractivity contribution is 5.88. The third kappa shape index (κ3) is 5.27. The fourth-order valence-electron chi connectivity index (χ4n) is 1.76. The summed E-state index contributed by atoms with van der Waals surface area (Å²) in [6, 6.07) is 7.54. The molecule has 1 amide bonds. The second kappa shape index (κ2) is 7.81. The molecule has 18 heavy (non-hydrogen) atoms. The molecular formula is C13H20N2O3. The predicted molar refractivity (Wildman–Crippen MR) is 70.2 cm³/mol. The average Bonchev–Trinajstić information content (AvgIpc) is 2.29. The monoisotopic (exact) mass is 252 g/mol. The number of carbonyl (C=O) groups is 1. The van der Waals surface area contributed by atoms with Crippen molar-refractivity contribution in [2.24, 2.45) is 0 Å². The highest BCUT2D eigenvalue weighted by Crippen LogP contribution is 2.12. The SMILES string of the molecule is CC(=O)Nc1cccc(CN(CCO)CCO)c1.